The molecule has 27 heavy (non-hydrogen) atoms. The van der Waals surface area contributed by atoms with Gasteiger partial charge in [-0.2, -0.15) is 0 Å². The molecule has 0 bridgehead atoms. The van der Waals surface area contributed by atoms with Crippen molar-refractivity contribution in [1.82, 2.24) is 5.32 Å². The Kier molecular flexibility index (Phi) is 7.67. The monoisotopic (exact) mass is 370 g/mol. The molecule has 0 saturated carbocycles. The fourth-order valence-electron chi connectivity index (χ4n) is 3.01. The van der Waals surface area contributed by atoms with Crippen molar-refractivity contribution in [2.24, 2.45) is 5.92 Å². The van der Waals surface area contributed by atoms with Crippen molar-refractivity contribution in [3.05, 3.63) is 53.6 Å². The summed E-state index contributed by atoms with van der Waals surface area (Å²) < 4.78 is 10.5. The second-order valence-corrected chi connectivity index (χ2v) is 6.81. The Morgan fingerprint density at radius 3 is 2.30 bits per heavy atom. The van der Waals surface area contributed by atoms with Crippen LogP contribution in [-0.2, 0) is 11.2 Å². The third-order valence-electron chi connectivity index (χ3n) is 4.58. The highest BCUT2D eigenvalue weighted by Crippen LogP contribution is 2.29. The summed E-state index contributed by atoms with van der Waals surface area (Å²) in [4.78, 5) is 12.5. The summed E-state index contributed by atoms with van der Waals surface area (Å²) in [6.45, 7) is 6.64. The Bertz CT molecular complexity index is 742. The third kappa shape index (κ3) is 5.73. The van der Waals surface area contributed by atoms with Crippen LogP contribution in [0.25, 0.3) is 0 Å². The molecule has 5 heteroatoms. The van der Waals surface area contributed by atoms with Crippen LogP contribution in [0.5, 0.6) is 11.5 Å². The van der Waals surface area contributed by atoms with Gasteiger partial charge in [0.05, 0.1) is 26.5 Å². The van der Waals surface area contributed by atoms with Crippen molar-refractivity contribution >= 4 is 11.6 Å². The van der Waals surface area contributed by atoms with Gasteiger partial charge in [-0.05, 0) is 35.6 Å². The fraction of sp³-hybridized carbons (Fsp3) is 0.409. The van der Waals surface area contributed by atoms with Crippen LogP contribution in [0.15, 0.2) is 42.5 Å². The van der Waals surface area contributed by atoms with E-state index in [1.54, 1.807) is 32.4 Å². The van der Waals surface area contributed by atoms with Gasteiger partial charge in [0, 0.05) is 12.1 Å². The van der Waals surface area contributed by atoms with Gasteiger partial charge in [-0.3, -0.25) is 4.79 Å². The van der Waals surface area contributed by atoms with Gasteiger partial charge in [-0.15, -0.1) is 0 Å². The number of carbonyl (C=O) groups is 1. The van der Waals surface area contributed by atoms with Gasteiger partial charge < -0.3 is 20.1 Å². The molecule has 146 valence electrons. The van der Waals surface area contributed by atoms with E-state index in [-0.39, 0.29) is 18.5 Å². The lowest BCUT2D eigenvalue weighted by Crippen LogP contribution is -2.33. The van der Waals surface area contributed by atoms with Crippen LogP contribution in [0.2, 0.25) is 0 Å². The summed E-state index contributed by atoms with van der Waals surface area (Å²) >= 11 is 0. The summed E-state index contributed by atoms with van der Waals surface area (Å²) in [5.74, 6) is 1.49. The molecule has 2 rings (SSSR count). The van der Waals surface area contributed by atoms with Crippen molar-refractivity contribution in [3.63, 3.8) is 0 Å². The number of carbonyl (C=O) groups excluding carboxylic acids is 1. The van der Waals surface area contributed by atoms with Crippen LogP contribution in [0.4, 0.5) is 5.69 Å². The summed E-state index contributed by atoms with van der Waals surface area (Å²) in [5, 5.41) is 6.27. The summed E-state index contributed by atoms with van der Waals surface area (Å²) in [6.07, 6.45) is 1.02. The second-order valence-electron chi connectivity index (χ2n) is 6.81. The SMILES string of the molecule is CCc1ccc([C@H](NCC(=O)Nc2cc(OC)ccc2OC)C(C)C)cc1. The zero-order valence-corrected chi connectivity index (χ0v) is 16.8. The van der Waals surface area contributed by atoms with Crippen molar-refractivity contribution in [1.29, 1.82) is 0 Å². The van der Waals surface area contributed by atoms with Crippen molar-refractivity contribution in [2.45, 2.75) is 33.2 Å². The molecule has 1 amide bonds. The van der Waals surface area contributed by atoms with Crippen LogP contribution in [0.1, 0.15) is 37.9 Å². The van der Waals surface area contributed by atoms with Crippen molar-refractivity contribution in [3.8, 4) is 11.5 Å². The molecule has 0 aliphatic carbocycles. The zero-order chi connectivity index (χ0) is 19.8. The molecule has 0 fully saturated rings. The number of anilines is 1. The van der Waals surface area contributed by atoms with Gasteiger partial charge in [0.2, 0.25) is 5.91 Å². The molecule has 5 nitrogen and oxygen atoms in total. The minimum absolute atomic E-state index is 0.105. The normalized spacial score (nSPS) is 11.9. The van der Waals surface area contributed by atoms with Crippen LogP contribution >= 0.6 is 0 Å². The van der Waals surface area contributed by atoms with E-state index in [9.17, 15) is 4.79 Å². The molecule has 0 unspecified atom stereocenters. The van der Waals surface area contributed by atoms with Gasteiger partial charge in [0.25, 0.3) is 0 Å². The average molecular weight is 370 g/mol. The smallest absolute Gasteiger partial charge is 0.238 e. The Hall–Kier alpha value is -2.53. The molecular formula is C22H30N2O3. The van der Waals surface area contributed by atoms with Crippen LogP contribution in [-0.4, -0.2) is 26.7 Å². The summed E-state index contributed by atoms with van der Waals surface area (Å²) in [5.41, 5.74) is 3.09. The second kappa shape index (κ2) is 9.97. The first kappa shape index (κ1) is 20.8. The molecule has 0 saturated heterocycles. The molecule has 0 spiro atoms. The lowest BCUT2D eigenvalue weighted by Gasteiger charge is -2.23. The molecule has 0 radical (unpaired) electrons. The van der Waals surface area contributed by atoms with Gasteiger partial charge in [-0.25, -0.2) is 0 Å². The molecule has 0 aliphatic rings. The maximum Gasteiger partial charge on any atom is 0.238 e. The number of aryl methyl sites for hydroxylation is 1. The van der Waals surface area contributed by atoms with E-state index in [1.165, 1.54) is 11.1 Å². The molecule has 0 aliphatic heterocycles. The van der Waals surface area contributed by atoms with E-state index < -0.39 is 0 Å². The van der Waals surface area contributed by atoms with E-state index in [0.29, 0.717) is 23.1 Å². The number of amides is 1. The lowest BCUT2D eigenvalue weighted by molar-refractivity contribution is -0.115. The largest absolute Gasteiger partial charge is 0.497 e. The number of methoxy groups -OCH3 is 2. The highest BCUT2D eigenvalue weighted by atomic mass is 16.5. The first-order valence-electron chi connectivity index (χ1n) is 9.32. The number of hydrogen-bond acceptors (Lipinski definition) is 4. The summed E-state index contributed by atoms with van der Waals surface area (Å²) in [7, 11) is 3.16. The number of ether oxygens (including phenoxy) is 2. The number of benzene rings is 2. The topological polar surface area (TPSA) is 59.6 Å². The number of rotatable bonds is 9. The van der Waals surface area contributed by atoms with E-state index in [2.05, 4.69) is 55.7 Å². The average Bonchev–Trinajstić information content (AvgIpc) is 2.68. The van der Waals surface area contributed by atoms with E-state index in [4.69, 9.17) is 9.47 Å². The maximum atomic E-state index is 12.5. The standard InChI is InChI=1S/C22H30N2O3/c1-6-16-7-9-17(10-8-16)22(15(2)3)23-14-21(25)24-19-13-18(26-4)11-12-20(19)27-5/h7-13,15,22-23H,6,14H2,1-5H3,(H,24,25)/t22-/m1/s1. The lowest BCUT2D eigenvalue weighted by atomic mass is 9.95. The van der Waals surface area contributed by atoms with Crippen LogP contribution < -0.4 is 20.1 Å². The van der Waals surface area contributed by atoms with E-state index in [1.807, 2.05) is 0 Å². The number of hydrogen-bond donors (Lipinski definition) is 2. The Balaban J connectivity index is 2.03. The predicted molar refractivity (Wildman–Crippen MR) is 110 cm³/mol. The summed E-state index contributed by atoms with van der Waals surface area (Å²) in [6, 6.07) is 14.0. The quantitative estimate of drug-likeness (QED) is 0.695. The number of nitrogens with one attached hydrogen (secondary N) is 2. The van der Waals surface area contributed by atoms with Crippen LogP contribution in [0, 0.1) is 5.92 Å². The molecular weight excluding hydrogens is 340 g/mol. The highest BCUT2D eigenvalue weighted by molar-refractivity contribution is 5.94. The Labute approximate surface area is 162 Å². The predicted octanol–water partition coefficient (Wildman–Crippen LogP) is 4.19. The van der Waals surface area contributed by atoms with Crippen molar-refractivity contribution in [2.75, 3.05) is 26.1 Å². The maximum absolute atomic E-state index is 12.5. The Morgan fingerprint density at radius 1 is 1.04 bits per heavy atom. The van der Waals surface area contributed by atoms with Gasteiger partial charge in [0.15, 0.2) is 0 Å². The molecule has 0 heterocycles. The Morgan fingerprint density at radius 2 is 1.74 bits per heavy atom. The highest BCUT2D eigenvalue weighted by Gasteiger charge is 2.17. The first-order chi connectivity index (χ1) is 13.0. The molecule has 1 atom stereocenters. The molecule has 0 aromatic heterocycles. The van der Waals surface area contributed by atoms with Crippen molar-refractivity contribution < 1.29 is 14.3 Å². The van der Waals surface area contributed by atoms with E-state index in [0.717, 1.165) is 6.42 Å². The minimum atomic E-state index is -0.127. The van der Waals surface area contributed by atoms with E-state index >= 15 is 0 Å². The minimum Gasteiger partial charge on any atom is -0.497 e. The first-order valence-corrected chi connectivity index (χ1v) is 9.32. The van der Waals surface area contributed by atoms with Gasteiger partial charge in [-0.1, -0.05) is 45.0 Å². The molecule has 2 N–H and O–H groups in total. The van der Waals surface area contributed by atoms with Crippen LogP contribution in [0.3, 0.4) is 0 Å². The van der Waals surface area contributed by atoms with Gasteiger partial charge in [0.1, 0.15) is 11.5 Å². The van der Waals surface area contributed by atoms with Gasteiger partial charge >= 0.3 is 0 Å². The zero-order valence-electron chi connectivity index (χ0n) is 16.8. The third-order valence-corrected chi connectivity index (χ3v) is 4.58. The molecule has 2 aromatic rings. The molecule has 2 aromatic carbocycles. The fourth-order valence-corrected chi connectivity index (χ4v) is 3.01.